The Kier molecular flexibility index (Phi) is 6.30. The molecule has 0 saturated carbocycles. The number of thiazole rings is 1. The lowest BCUT2D eigenvalue weighted by molar-refractivity contribution is 0.0705. The van der Waals surface area contributed by atoms with Gasteiger partial charge in [0.05, 0.1) is 13.2 Å². The van der Waals surface area contributed by atoms with Crippen LogP contribution < -0.4 is 5.32 Å². The van der Waals surface area contributed by atoms with E-state index in [1.165, 1.54) is 0 Å². The molecule has 14 heavy (non-hydrogen) atoms. The summed E-state index contributed by atoms with van der Waals surface area (Å²) in [4.78, 5) is 4.11. The number of hydrogen-bond donors (Lipinski definition) is 1. The summed E-state index contributed by atoms with van der Waals surface area (Å²) in [7, 11) is 1.67. The number of rotatable bonds is 8. The van der Waals surface area contributed by atoms with Crippen LogP contribution in [-0.2, 0) is 9.47 Å². The van der Waals surface area contributed by atoms with Gasteiger partial charge in [-0.1, -0.05) is 0 Å². The number of aromatic nitrogens is 1. The molecular formula is C9H16N2O2S. The van der Waals surface area contributed by atoms with Gasteiger partial charge in [-0.25, -0.2) is 4.98 Å². The second kappa shape index (κ2) is 7.73. The summed E-state index contributed by atoms with van der Waals surface area (Å²) >= 11 is 1.61. The summed E-state index contributed by atoms with van der Waals surface area (Å²) in [6.07, 6.45) is 2.78. The van der Waals surface area contributed by atoms with Crippen LogP contribution in [0.2, 0.25) is 0 Å². The van der Waals surface area contributed by atoms with Crippen LogP contribution in [0.3, 0.4) is 0 Å². The van der Waals surface area contributed by atoms with Crippen molar-refractivity contribution < 1.29 is 9.47 Å². The molecule has 0 aliphatic heterocycles. The highest BCUT2D eigenvalue weighted by Crippen LogP contribution is 2.09. The molecule has 0 unspecified atom stereocenters. The average molecular weight is 216 g/mol. The molecule has 0 saturated heterocycles. The minimum absolute atomic E-state index is 0.667. The first-order valence-corrected chi connectivity index (χ1v) is 5.51. The third-order valence-corrected chi connectivity index (χ3v) is 2.34. The van der Waals surface area contributed by atoms with Gasteiger partial charge in [0, 0.05) is 31.8 Å². The first kappa shape index (κ1) is 11.4. The molecule has 5 heteroatoms. The maximum Gasteiger partial charge on any atom is 0.182 e. The van der Waals surface area contributed by atoms with E-state index in [0.29, 0.717) is 13.2 Å². The molecule has 1 aromatic rings. The van der Waals surface area contributed by atoms with Crippen LogP contribution in [0.25, 0.3) is 0 Å². The van der Waals surface area contributed by atoms with Gasteiger partial charge in [-0.3, -0.25) is 0 Å². The highest BCUT2D eigenvalue weighted by Gasteiger charge is 1.93. The predicted octanol–water partition coefficient (Wildman–Crippen LogP) is 1.61. The van der Waals surface area contributed by atoms with E-state index < -0.39 is 0 Å². The second-order valence-corrected chi connectivity index (χ2v) is 3.62. The standard InChI is InChI=1S/C9H16N2O2S/c1-12-6-7-13-5-2-3-10-9-11-4-8-14-9/h4,8H,2-3,5-7H2,1H3,(H,10,11). The lowest BCUT2D eigenvalue weighted by Crippen LogP contribution is -2.08. The normalized spacial score (nSPS) is 10.4. The molecule has 0 spiro atoms. The highest BCUT2D eigenvalue weighted by atomic mass is 32.1. The Morgan fingerprint density at radius 1 is 1.43 bits per heavy atom. The van der Waals surface area contributed by atoms with Gasteiger partial charge in [-0.2, -0.15) is 0 Å². The van der Waals surface area contributed by atoms with Crippen LogP contribution in [0.1, 0.15) is 6.42 Å². The van der Waals surface area contributed by atoms with E-state index in [2.05, 4.69) is 10.3 Å². The molecule has 0 fully saturated rings. The highest BCUT2D eigenvalue weighted by molar-refractivity contribution is 7.13. The molecule has 0 radical (unpaired) electrons. The van der Waals surface area contributed by atoms with Gasteiger partial charge in [0.2, 0.25) is 0 Å². The first-order valence-electron chi connectivity index (χ1n) is 4.63. The van der Waals surface area contributed by atoms with Crippen molar-refractivity contribution in [3.8, 4) is 0 Å². The lowest BCUT2D eigenvalue weighted by Gasteiger charge is -2.03. The van der Waals surface area contributed by atoms with E-state index in [1.807, 2.05) is 5.38 Å². The minimum Gasteiger partial charge on any atom is -0.382 e. The Balaban J connectivity index is 1.85. The number of ether oxygens (including phenoxy) is 2. The van der Waals surface area contributed by atoms with Crippen molar-refractivity contribution in [2.75, 3.05) is 38.8 Å². The quantitative estimate of drug-likeness (QED) is 0.670. The average Bonchev–Trinajstić information content (AvgIpc) is 2.69. The summed E-state index contributed by atoms with van der Waals surface area (Å²) in [5.74, 6) is 0. The molecule has 4 nitrogen and oxygen atoms in total. The Labute approximate surface area is 88.3 Å². The van der Waals surface area contributed by atoms with Crippen LogP contribution in [0.5, 0.6) is 0 Å². The lowest BCUT2D eigenvalue weighted by atomic mass is 10.4. The molecule has 0 aromatic carbocycles. The van der Waals surface area contributed by atoms with Crippen LogP contribution in [0, 0.1) is 0 Å². The van der Waals surface area contributed by atoms with Crippen molar-refractivity contribution in [2.45, 2.75) is 6.42 Å². The van der Waals surface area contributed by atoms with Gasteiger partial charge in [-0.05, 0) is 6.42 Å². The Bertz CT molecular complexity index is 217. The largest absolute Gasteiger partial charge is 0.382 e. The van der Waals surface area contributed by atoms with Crippen LogP contribution in [0.4, 0.5) is 5.13 Å². The minimum atomic E-state index is 0.667. The van der Waals surface area contributed by atoms with E-state index >= 15 is 0 Å². The van der Waals surface area contributed by atoms with Crippen molar-refractivity contribution in [3.05, 3.63) is 11.6 Å². The molecule has 0 bridgehead atoms. The zero-order valence-corrected chi connectivity index (χ0v) is 9.18. The molecule has 0 amide bonds. The van der Waals surface area contributed by atoms with E-state index in [9.17, 15) is 0 Å². The van der Waals surface area contributed by atoms with Crippen molar-refractivity contribution in [3.63, 3.8) is 0 Å². The third-order valence-electron chi connectivity index (χ3n) is 1.61. The molecular weight excluding hydrogens is 200 g/mol. The van der Waals surface area contributed by atoms with Crippen LogP contribution >= 0.6 is 11.3 Å². The summed E-state index contributed by atoms with van der Waals surface area (Å²) in [5, 5.41) is 6.14. The number of nitrogens with zero attached hydrogens (tertiary/aromatic N) is 1. The molecule has 0 atom stereocenters. The third kappa shape index (κ3) is 5.16. The predicted molar refractivity (Wildman–Crippen MR) is 57.9 cm³/mol. The SMILES string of the molecule is COCCOCCCNc1nccs1. The maximum atomic E-state index is 5.31. The molecule has 80 valence electrons. The monoisotopic (exact) mass is 216 g/mol. The fraction of sp³-hybridized carbons (Fsp3) is 0.667. The van der Waals surface area contributed by atoms with Gasteiger partial charge in [0.15, 0.2) is 5.13 Å². The zero-order valence-electron chi connectivity index (χ0n) is 8.36. The Hall–Kier alpha value is -0.650. The van der Waals surface area contributed by atoms with Gasteiger partial charge in [0.1, 0.15) is 0 Å². The van der Waals surface area contributed by atoms with E-state index in [0.717, 1.165) is 24.7 Å². The maximum absolute atomic E-state index is 5.31. The molecule has 1 rings (SSSR count). The number of nitrogens with one attached hydrogen (secondary N) is 1. The van der Waals surface area contributed by atoms with Crippen molar-refractivity contribution >= 4 is 16.5 Å². The van der Waals surface area contributed by atoms with Gasteiger partial charge in [-0.15, -0.1) is 11.3 Å². The Morgan fingerprint density at radius 2 is 2.36 bits per heavy atom. The fourth-order valence-corrected chi connectivity index (χ4v) is 1.48. The van der Waals surface area contributed by atoms with Crippen molar-refractivity contribution in [2.24, 2.45) is 0 Å². The smallest absolute Gasteiger partial charge is 0.182 e. The van der Waals surface area contributed by atoms with Gasteiger partial charge in [0.25, 0.3) is 0 Å². The number of methoxy groups -OCH3 is 1. The second-order valence-electron chi connectivity index (χ2n) is 2.72. The van der Waals surface area contributed by atoms with Gasteiger partial charge < -0.3 is 14.8 Å². The summed E-state index contributed by atoms with van der Waals surface area (Å²) in [5.41, 5.74) is 0. The van der Waals surface area contributed by atoms with Crippen molar-refractivity contribution in [1.29, 1.82) is 0 Å². The molecule has 1 N–H and O–H groups in total. The summed E-state index contributed by atoms with van der Waals surface area (Å²) < 4.78 is 10.2. The van der Waals surface area contributed by atoms with E-state index in [4.69, 9.17) is 9.47 Å². The molecule has 1 heterocycles. The van der Waals surface area contributed by atoms with E-state index in [1.54, 1.807) is 24.6 Å². The molecule has 0 aliphatic rings. The zero-order chi connectivity index (χ0) is 10.1. The number of hydrogen-bond acceptors (Lipinski definition) is 5. The summed E-state index contributed by atoms with van der Waals surface area (Å²) in [6, 6.07) is 0. The fourth-order valence-electron chi connectivity index (χ4n) is 0.925. The van der Waals surface area contributed by atoms with Crippen molar-refractivity contribution in [1.82, 2.24) is 4.98 Å². The molecule has 1 aromatic heterocycles. The van der Waals surface area contributed by atoms with Gasteiger partial charge >= 0.3 is 0 Å². The Morgan fingerprint density at radius 3 is 3.07 bits per heavy atom. The van der Waals surface area contributed by atoms with E-state index in [-0.39, 0.29) is 0 Å². The number of anilines is 1. The summed E-state index contributed by atoms with van der Waals surface area (Å²) in [6.45, 7) is 3.01. The topological polar surface area (TPSA) is 43.4 Å². The van der Waals surface area contributed by atoms with Crippen LogP contribution in [-0.4, -0.2) is 38.5 Å². The first-order chi connectivity index (χ1) is 6.93. The van der Waals surface area contributed by atoms with Crippen LogP contribution in [0.15, 0.2) is 11.6 Å². The molecule has 0 aliphatic carbocycles.